The average molecular weight is 227 g/mol. The van der Waals surface area contributed by atoms with Crippen molar-refractivity contribution in [3.05, 3.63) is 36.3 Å². The molecule has 0 fully saturated rings. The Morgan fingerprint density at radius 3 is 3.06 bits per heavy atom. The smallest absolute Gasteiger partial charge is 0.186 e. The Hall–Kier alpha value is -2.15. The number of fused-ring (bicyclic) bond motifs is 1. The Bertz CT molecular complexity index is 547. The maximum Gasteiger partial charge on any atom is 0.186 e. The van der Waals surface area contributed by atoms with Crippen molar-refractivity contribution in [1.82, 2.24) is 9.38 Å². The molecule has 0 aromatic carbocycles. The molecule has 4 nitrogen and oxygen atoms in total. The third-order valence-electron chi connectivity index (χ3n) is 2.82. The number of Topliss-reactive ketones (excluding diaryl/α,β-unsaturated/α-hetero) is 1. The molecule has 4 heteroatoms. The fourth-order valence-corrected chi connectivity index (χ4v) is 1.80. The molecule has 1 unspecified atom stereocenters. The second-order valence-corrected chi connectivity index (χ2v) is 3.92. The van der Waals surface area contributed by atoms with Crippen molar-refractivity contribution < 1.29 is 4.79 Å². The molecule has 2 rings (SSSR count). The summed E-state index contributed by atoms with van der Waals surface area (Å²) in [5, 5.41) is 8.68. The van der Waals surface area contributed by atoms with E-state index in [4.69, 9.17) is 5.26 Å². The quantitative estimate of drug-likeness (QED) is 0.754. The maximum atomic E-state index is 12.1. The lowest BCUT2D eigenvalue weighted by atomic mass is 9.96. The predicted octanol–water partition coefficient (Wildman–Crippen LogP) is 2.46. The molecular formula is C13H13N3O. The molecule has 2 aromatic rings. The van der Waals surface area contributed by atoms with Crippen LogP contribution in [0.4, 0.5) is 0 Å². The van der Waals surface area contributed by atoms with Crippen molar-refractivity contribution in [2.45, 2.75) is 19.8 Å². The number of hydrogen-bond acceptors (Lipinski definition) is 3. The number of pyridine rings is 1. The predicted molar refractivity (Wildman–Crippen MR) is 63.5 cm³/mol. The van der Waals surface area contributed by atoms with E-state index in [0.29, 0.717) is 12.1 Å². The maximum absolute atomic E-state index is 12.1. The van der Waals surface area contributed by atoms with Crippen LogP contribution in [-0.2, 0) is 0 Å². The van der Waals surface area contributed by atoms with E-state index in [-0.39, 0.29) is 18.1 Å². The monoisotopic (exact) mass is 227 g/mol. The summed E-state index contributed by atoms with van der Waals surface area (Å²) >= 11 is 0. The van der Waals surface area contributed by atoms with Crippen molar-refractivity contribution in [2.75, 3.05) is 0 Å². The lowest BCUT2D eigenvalue weighted by Gasteiger charge is -2.06. The summed E-state index contributed by atoms with van der Waals surface area (Å²) in [6.07, 6.45) is 4.49. The lowest BCUT2D eigenvalue weighted by molar-refractivity contribution is 0.0914. The molecular weight excluding hydrogens is 214 g/mol. The second kappa shape index (κ2) is 4.79. The van der Waals surface area contributed by atoms with Gasteiger partial charge in [-0.1, -0.05) is 13.0 Å². The second-order valence-electron chi connectivity index (χ2n) is 3.92. The van der Waals surface area contributed by atoms with Crippen LogP contribution >= 0.6 is 0 Å². The molecule has 0 bridgehead atoms. The van der Waals surface area contributed by atoms with Gasteiger partial charge in [0.25, 0.3) is 0 Å². The van der Waals surface area contributed by atoms with Crippen LogP contribution in [0.1, 0.15) is 30.3 Å². The Labute approximate surface area is 99.5 Å². The normalized spacial score (nSPS) is 12.2. The van der Waals surface area contributed by atoms with E-state index in [1.54, 1.807) is 6.20 Å². The fraction of sp³-hybridized carbons (Fsp3) is 0.308. The molecule has 0 aliphatic carbocycles. The number of carbonyl (C=O) groups is 1. The van der Waals surface area contributed by atoms with Crippen molar-refractivity contribution >= 4 is 11.4 Å². The number of rotatable bonds is 4. The molecule has 0 amide bonds. The molecule has 0 saturated carbocycles. The van der Waals surface area contributed by atoms with Gasteiger partial charge in [-0.25, -0.2) is 4.98 Å². The topological polar surface area (TPSA) is 58.2 Å². The molecule has 0 spiro atoms. The van der Waals surface area contributed by atoms with Gasteiger partial charge in [-0.3, -0.25) is 4.79 Å². The minimum Gasteiger partial charge on any atom is -0.306 e. The van der Waals surface area contributed by atoms with Crippen molar-refractivity contribution in [3.63, 3.8) is 0 Å². The molecule has 1 atom stereocenters. The van der Waals surface area contributed by atoms with Crippen LogP contribution in [-0.4, -0.2) is 15.2 Å². The molecule has 86 valence electrons. The number of hydrogen-bond donors (Lipinski definition) is 0. The number of nitrogens with zero attached hydrogens (tertiary/aromatic N) is 3. The molecule has 0 saturated heterocycles. The van der Waals surface area contributed by atoms with Gasteiger partial charge in [0.1, 0.15) is 11.3 Å². The SMILES string of the molecule is CCC(CC#N)C(=O)c1cn2ccccc2n1. The number of imidazole rings is 1. The van der Waals surface area contributed by atoms with Crippen LogP contribution in [0.2, 0.25) is 0 Å². The zero-order valence-corrected chi connectivity index (χ0v) is 9.63. The minimum absolute atomic E-state index is 0.0437. The highest BCUT2D eigenvalue weighted by Gasteiger charge is 2.20. The minimum atomic E-state index is -0.245. The lowest BCUT2D eigenvalue weighted by Crippen LogP contribution is -2.13. The molecule has 2 aromatic heterocycles. The first kappa shape index (κ1) is 11.3. The summed E-state index contributed by atoms with van der Waals surface area (Å²) in [7, 11) is 0. The van der Waals surface area contributed by atoms with Gasteiger partial charge >= 0.3 is 0 Å². The van der Waals surface area contributed by atoms with E-state index in [2.05, 4.69) is 4.98 Å². The molecule has 0 aliphatic rings. The van der Waals surface area contributed by atoms with E-state index < -0.39 is 0 Å². The standard InChI is InChI=1S/C13H13N3O/c1-2-10(6-7-14)13(17)11-9-16-8-4-3-5-12(16)15-11/h3-5,8-10H,2,6H2,1H3. The van der Waals surface area contributed by atoms with Crippen molar-refractivity contribution in [3.8, 4) is 6.07 Å². The van der Waals surface area contributed by atoms with Crippen molar-refractivity contribution in [2.24, 2.45) is 5.92 Å². The summed E-state index contributed by atoms with van der Waals surface area (Å²) in [6, 6.07) is 7.66. The first-order valence-electron chi connectivity index (χ1n) is 5.61. The van der Waals surface area contributed by atoms with Gasteiger partial charge in [0.2, 0.25) is 0 Å². The number of carbonyl (C=O) groups excluding carboxylic acids is 1. The van der Waals surface area contributed by atoms with Gasteiger partial charge in [-0.05, 0) is 18.6 Å². The van der Waals surface area contributed by atoms with Gasteiger partial charge in [0.05, 0.1) is 6.07 Å². The van der Waals surface area contributed by atoms with Crippen LogP contribution in [0.5, 0.6) is 0 Å². The van der Waals surface area contributed by atoms with Crippen LogP contribution in [0, 0.1) is 17.2 Å². The Kier molecular flexibility index (Phi) is 3.20. The van der Waals surface area contributed by atoms with Gasteiger partial charge in [0.15, 0.2) is 5.78 Å². The summed E-state index contributed by atoms with van der Waals surface area (Å²) in [6.45, 7) is 1.91. The van der Waals surface area contributed by atoms with Crippen molar-refractivity contribution in [1.29, 1.82) is 5.26 Å². The highest BCUT2D eigenvalue weighted by atomic mass is 16.1. The van der Waals surface area contributed by atoms with Gasteiger partial charge in [-0.2, -0.15) is 5.26 Å². The zero-order chi connectivity index (χ0) is 12.3. The highest BCUT2D eigenvalue weighted by Crippen LogP contribution is 2.15. The Balaban J connectivity index is 2.33. The zero-order valence-electron chi connectivity index (χ0n) is 9.63. The number of aromatic nitrogens is 2. The van der Waals surface area contributed by atoms with Crippen LogP contribution in [0.3, 0.4) is 0 Å². The molecule has 2 heterocycles. The molecule has 0 N–H and O–H groups in total. The van der Waals surface area contributed by atoms with E-state index in [1.165, 1.54) is 0 Å². The molecule has 17 heavy (non-hydrogen) atoms. The van der Waals surface area contributed by atoms with Gasteiger partial charge in [0, 0.05) is 24.7 Å². The van der Waals surface area contributed by atoms with E-state index in [0.717, 1.165) is 5.65 Å². The largest absolute Gasteiger partial charge is 0.306 e. The van der Waals surface area contributed by atoms with Crippen LogP contribution in [0.15, 0.2) is 30.6 Å². The molecule has 0 radical (unpaired) electrons. The van der Waals surface area contributed by atoms with E-state index in [1.807, 2.05) is 41.8 Å². The van der Waals surface area contributed by atoms with E-state index >= 15 is 0 Å². The third kappa shape index (κ3) is 2.18. The fourth-order valence-electron chi connectivity index (χ4n) is 1.80. The molecule has 0 aliphatic heterocycles. The Morgan fingerprint density at radius 2 is 2.41 bits per heavy atom. The first-order chi connectivity index (χ1) is 8.26. The summed E-state index contributed by atoms with van der Waals surface area (Å²) < 4.78 is 1.81. The summed E-state index contributed by atoms with van der Waals surface area (Å²) in [5.74, 6) is -0.289. The van der Waals surface area contributed by atoms with E-state index in [9.17, 15) is 4.79 Å². The highest BCUT2D eigenvalue weighted by molar-refractivity contribution is 5.96. The summed E-state index contributed by atoms with van der Waals surface area (Å²) in [4.78, 5) is 16.4. The number of nitriles is 1. The average Bonchev–Trinajstić information content (AvgIpc) is 2.78. The number of ketones is 1. The Morgan fingerprint density at radius 1 is 1.59 bits per heavy atom. The van der Waals surface area contributed by atoms with Gasteiger partial charge in [-0.15, -0.1) is 0 Å². The first-order valence-corrected chi connectivity index (χ1v) is 5.61. The third-order valence-corrected chi connectivity index (χ3v) is 2.82. The van der Waals surface area contributed by atoms with Crippen LogP contribution < -0.4 is 0 Å². The van der Waals surface area contributed by atoms with Gasteiger partial charge < -0.3 is 4.40 Å². The summed E-state index contributed by atoms with van der Waals surface area (Å²) in [5.41, 5.74) is 1.20. The van der Waals surface area contributed by atoms with Crippen LogP contribution in [0.25, 0.3) is 5.65 Å².